The Labute approximate surface area is 133 Å². The number of hydrogen-bond acceptors (Lipinski definition) is 3. The van der Waals surface area contributed by atoms with Crippen molar-refractivity contribution in [3.63, 3.8) is 0 Å². The summed E-state index contributed by atoms with van der Waals surface area (Å²) in [5, 5.41) is 9.02. The highest BCUT2D eigenvalue weighted by Crippen LogP contribution is 2.47. The molecule has 4 heteroatoms. The van der Waals surface area contributed by atoms with Crippen molar-refractivity contribution in [3.8, 4) is 6.07 Å². The second kappa shape index (κ2) is 4.84. The summed E-state index contributed by atoms with van der Waals surface area (Å²) >= 11 is 0. The van der Waals surface area contributed by atoms with Gasteiger partial charge in [0.05, 0.1) is 17.3 Å². The van der Waals surface area contributed by atoms with E-state index in [1.54, 1.807) is 0 Å². The first-order valence-corrected chi connectivity index (χ1v) is 8.03. The van der Waals surface area contributed by atoms with Gasteiger partial charge in [-0.2, -0.15) is 5.26 Å². The lowest BCUT2D eigenvalue weighted by molar-refractivity contribution is 0.00578. The molecule has 22 heavy (non-hydrogen) atoms. The first-order chi connectivity index (χ1) is 10.2. The third-order valence-corrected chi connectivity index (χ3v) is 5.69. The summed E-state index contributed by atoms with van der Waals surface area (Å²) in [6, 6.07) is 10.8. The van der Waals surface area contributed by atoms with Gasteiger partial charge in [0.25, 0.3) is 0 Å². The molecule has 0 aromatic heterocycles. The molecule has 3 nitrogen and oxygen atoms in total. The van der Waals surface area contributed by atoms with E-state index in [0.29, 0.717) is 0 Å². The summed E-state index contributed by atoms with van der Waals surface area (Å²) in [6.45, 7) is 10.5. The molecule has 1 saturated carbocycles. The van der Waals surface area contributed by atoms with Crippen molar-refractivity contribution < 1.29 is 9.31 Å². The molecular formula is C18H24BNO2. The van der Waals surface area contributed by atoms with E-state index in [4.69, 9.17) is 14.6 Å². The Balaban J connectivity index is 1.83. The van der Waals surface area contributed by atoms with Crippen molar-refractivity contribution in [1.29, 1.82) is 5.26 Å². The van der Waals surface area contributed by atoms with Crippen LogP contribution < -0.4 is 5.46 Å². The van der Waals surface area contributed by atoms with Gasteiger partial charge < -0.3 is 9.31 Å². The minimum atomic E-state index is -0.319. The van der Waals surface area contributed by atoms with Crippen molar-refractivity contribution in [3.05, 3.63) is 29.8 Å². The monoisotopic (exact) mass is 297 g/mol. The lowest BCUT2D eigenvalue weighted by Gasteiger charge is -2.42. The Bertz CT molecular complexity index is 610. The van der Waals surface area contributed by atoms with E-state index in [1.807, 2.05) is 0 Å². The topological polar surface area (TPSA) is 42.2 Å². The van der Waals surface area contributed by atoms with E-state index in [0.717, 1.165) is 18.3 Å². The maximum atomic E-state index is 9.02. The van der Waals surface area contributed by atoms with Crippen LogP contribution in [0.15, 0.2) is 24.3 Å². The fourth-order valence-corrected chi connectivity index (χ4v) is 3.39. The smallest absolute Gasteiger partial charge is 0.399 e. The van der Waals surface area contributed by atoms with Crippen molar-refractivity contribution >= 4 is 12.6 Å². The molecule has 1 aliphatic heterocycles. The molecule has 116 valence electrons. The largest absolute Gasteiger partial charge is 0.494 e. The highest BCUT2D eigenvalue weighted by molar-refractivity contribution is 6.62. The maximum Gasteiger partial charge on any atom is 0.494 e. The van der Waals surface area contributed by atoms with Gasteiger partial charge in [-0.25, -0.2) is 0 Å². The Morgan fingerprint density at radius 1 is 1.09 bits per heavy atom. The van der Waals surface area contributed by atoms with Crippen LogP contribution in [0.1, 0.15) is 53.0 Å². The molecule has 0 amide bonds. The van der Waals surface area contributed by atoms with Gasteiger partial charge in [0.15, 0.2) is 0 Å². The molecule has 2 aliphatic rings. The predicted molar refractivity (Wildman–Crippen MR) is 87.8 cm³/mol. The normalized spacial score (nSPS) is 32.4. The van der Waals surface area contributed by atoms with Crippen LogP contribution in [0.5, 0.6) is 0 Å². The van der Waals surface area contributed by atoms with E-state index >= 15 is 0 Å². The molecule has 0 radical (unpaired) electrons. The molecule has 1 heterocycles. The van der Waals surface area contributed by atoms with Crippen LogP contribution >= 0.6 is 0 Å². The molecule has 1 saturated heterocycles. The predicted octanol–water partition coefficient (Wildman–Crippen LogP) is 3.18. The van der Waals surface area contributed by atoms with Gasteiger partial charge in [0.1, 0.15) is 0 Å². The van der Waals surface area contributed by atoms with Crippen LogP contribution in [0, 0.1) is 17.2 Å². The molecule has 3 rings (SSSR count). The van der Waals surface area contributed by atoms with E-state index in [9.17, 15) is 0 Å². The Morgan fingerprint density at radius 2 is 1.68 bits per heavy atom. The Morgan fingerprint density at radius 3 is 2.23 bits per heavy atom. The minimum absolute atomic E-state index is 0.111. The summed E-state index contributed by atoms with van der Waals surface area (Å²) in [5.41, 5.74) is 1.82. The van der Waals surface area contributed by atoms with Crippen molar-refractivity contribution in [2.24, 2.45) is 5.92 Å². The van der Waals surface area contributed by atoms with Crippen molar-refractivity contribution in [1.82, 2.24) is 0 Å². The SMILES string of the molecule is CC1(c2cccc(B3OC(C)(C)C(C)(C)O3)c2)CC(C#N)C1. The molecular weight excluding hydrogens is 273 g/mol. The first-order valence-electron chi connectivity index (χ1n) is 8.03. The highest BCUT2D eigenvalue weighted by atomic mass is 16.7. The molecule has 0 bridgehead atoms. The number of benzene rings is 1. The van der Waals surface area contributed by atoms with Gasteiger partial charge in [0.2, 0.25) is 0 Å². The quantitative estimate of drug-likeness (QED) is 0.787. The molecule has 1 aromatic carbocycles. The summed E-state index contributed by atoms with van der Waals surface area (Å²) in [7, 11) is -0.319. The second-order valence-corrected chi connectivity index (χ2v) is 8.01. The standard InChI is InChI=1S/C18H24BNO2/c1-16(2)17(3,4)22-19(21-16)15-8-6-7-14(9-15)18(5)10-13(11-18)12-20/h6-9,13H,10-11H2,1-5H3. The average Bonchev–Trinajstić information content (AvgIpc) is 2.64. The molecule has 0 spiro atoms. The fraction of sp³-hybridized carbons (Fsp3) is 0.611. The number of hydrogen-bond donors (Lipinski definition) is 0. The summed E-state index contributed by atoms with van der Waals surface area (Å²) in [5.74, 6) is 0.200. The van der Waals surface area contributed by atoms with E-state index in [2.05, 4.69) is 65.0 Å². The first kappa shape index (κ1) is 15.6. The van der Waals surface area contributed by atoms with Crippen molar-refractivity contribution in [2.45, 2.75) is 64.1 Å². The zero-order valence-electron chi connectivity index (χ0n) is 14.1. The fourth-order valence-electron chi connectivity index (χ4n) is 3.39. The van der Waals surface area contributed by atoms with Gasteiger partial charge in [-0.3, -0.25) is 0 Å². The van der Waals surface area contributed by atoms with Crippen LogP contribution in [0.4, 0.5) is 0 Å². The van der Waals surface area contributed by atoms with Gasteiger partial charge in [-0.15, -0.1) is 0 Å². The van der Waals surface area contributed by atoms with Crippen LogP contribution in [-0.2, 0) is 14.7 Å². The second-order valence-electron chi connectivity index (χ2n) is 8.01. The van der Waals surface area contributed by atoms with Crippen LogP contribution in [0.25, 0.3) is 0 Å². The molecule has 0 atom stereocenters. The zero-order chi connectivity index (χ0) is 16.2. The molecule has 0 N–H and O–H groups in total. The number of rotatable bonds is 2. The van der Waals surface area contributed by atoms with Gasteiger partial charge in [0, 0.05) is 5.92 Å². The van der Waals surface area contributed by atoms with Crippen LogP contribution in [0.3, 0.4) is 0 Å². The molecule has 1 aliphatic carbocycles. The third kappa shape index (κ3) is 2.37. The molecule has 2 fully saturated rings. The third-order valence-electron chi connectivity index (χ3n) is 5.69. The Kier molecular flexibility index (Phi) is 3.43. The summed E-state index contributed by atoms with van der Waals surface area (Å²) in [6.07, 6.45) is 1.88. The van der Waals surface area contributed by atoms with Gasteiger partial charge in [-0.05, 0) is 57.0 Å². The van der Waals surface area contributed by atoms with E-state index in [-0.39, 0.29) is 29.7 Å². The lowest BCUT2D eigenvalue weighted by Crippen LogP contribution is -2.41. The average molecular weight is 297 g/mol. The summed E-state index contributed by atoms with van der Waals surface area (Å²) < 4.78 is 12.3. The van der Waals surface area contributed by atoms with Gasteiger partial charge >= 0.3 is 7.12 Å². The summed E-state index contributed by atoms with van der Waals surface area (Å²) in [4.78, 5) is 0. The molecule has 0 unspecified atom stereocenters. The molecule has 1 aromatic rings. The highest BCUT2D eigenvalue weighted by Gasteiger charge is 2.52. The van der Waals surface area contributed by atoms with E-state index < -0.39 is 0 Å². The number of nitriles is 1. The number of nitrogens with zero attached hydrogens (tertiary/aromatic N) is 1. The lowest BCUT2D eigenvalue weighted by atomic mass is 9.59. The zero-order valence-corrected chi connectivity index (χ0v) is 14.1. The Hall–Kier alpha value is -1.31. The van der Waals surface area contributed by atoms with Crippen LogP contribution in [0.2, 0.25) is 0 Å². The van der Waals surface area contributed by atoms with Crippen molar-refractivity contribution in [2.75, 3.05) is 0 Å². The minimum Gasteiger partial charge on any atom is -0.399 e. The maximum absolute atomic E-state index is 9.02. The van der Waals surface area contributed by atoms with Crippen LogP contribution in [-0.4, -0.2) is 18.3 Å². The van der Waals surface area contributed by atoms with E-state index in [1.165, 1.54) is 5.56 Å². The van der Waals surface area contributed by atoms with Gasteiger partial charge in [-0.1, -0.05) is 31.2 Å².